The molecule has 2 fully saturated rings. The van der Waals surface area contributed by atoms with E-state index >= 15 is 0 Å². The van der Waals surface area contributed by atoms with E-state index in [0.717, 1.165) is 18.5 Å². The van der Waals surface area contributed by atoms with Crippen LogP contribution in [0.25, 0.3) is 0 Å². The number of likely N-dealkylation sites (tertiary alicyclic amines) is 1. The van der Waals surface area contributed by atoms with E-state index in [1.807, 2.05) is 4.90 Å². The van der Waals surface area contributed by atoms with Crippen LogP contribution < -0.4 is 5.73 Å². The van der Waals surface area contributed by atoms with Gasteiger partial charge in [0.1, 0.15) is 5.82 Å². The molecular weight excluding hydrogens is 331 g/mol. The summed E-state index contributed by atoms with van der Waals surface area (Å²) in [4.78, 5) is 15.3. The van der Waals surface area contributed by atoms with Crippen LogP contribution in [0, 0.1) is 11.2 Å². The molecule has 2 saturated heterocycles. The van der Waals surface area contributed by atoms with Gasteiger partial charge in [-0.2, -0.15) is 0 Å². The van der Waals surface area contributed by atoms with Crippen molar-refractivity contribution in [3.05, 3.63) is 35.6 Å². The van der Waals surface area contributed by atoms with Crippen molar-refractivity contribution in [2.24, 2.45) is 11.1 Å². The molecular formula is C18H26ClFN2O2. The van der Waals surface area contributed by atoms with Gasteiger partial charge in [-0.1, -0.05) is 19.1 Å². The first kappa shape index (κ1) is 19.2. The van der Waals surface area contributed by atoms with Crippen LogP contribution in [-0.2, 0) is 14.9 Å². The molecule has 6 heteroatoms. The normalized spacial score (nSPS) is 26.0. The summed E-state index contributed by atoms with van der Waals surface area (Å²) < 4.78 is 18.8. The van der Waals surface area contributed by atoms with Gasteiger partial charge >= 0.3 is 0 Å². The molecule has 0 saturated carbocycles. The van der Waals surface area contributed by atoms with E-state index in [1.54, 1.807) is 12.1 Å². The van der Waals surface area contributed by atoms with Crippen molar-refractivity contribution in [3.63, 3.8) is 0 Å². The summed E-state index contributed by atoms with van der Waals surface area (Å²) in [5.41, 5.74) is 6.18. The molecule has 1 aromatic carbocycles. The molecule has 0 aromatic heterocycles. The number of carbonyl (C=O) groups excluding carboxylic acids is 1. The summed E-state index contributed by atoms with van der Waals surface area (Å²) in [6.07, 6.45) is 2.23. The fraction of sp³-hybridized carbons (Fsp3) is 0.611. The Morgan fingerprint density at radius 3 is 2.42 bits per heavy atom. The Morgan fingerprint density at radius 1 is 1.25 bits per heavy atom. The SMILES string of the molecule is CC1(CN)CCN(C(=O)C2(c3ccc(F)cc3)CCOCC2)C1.Cl. The predicted octanol–water partition coefficient (Wildman–Crippen LogP) is 2.49. The first-order valence-electron chi connectivity index (χ1n) is 8.32. The van der Waals surface area contributed by atoms with E-state index in [4.69, 9.17) is 10.5 Å². The van der Waals surface area contributed by atoms with Gasteiger partial charge in [-0.15, -0.1) is 12.4 Å². The molecule has 1 amide bonds. The molecule has 0 bridgehead atoms. The summed E-state index contributed by atoms with van der Waals surface area (Å²) in [6, 6.07) is 6.37. The van der Waals surface area contributed by atoms with Gasteiger partial charge in [-0.05, 0) is 48.9 Å². The molecule has 0 radical (unpaired) electrons. The number of hydrogen-bond acceptors (Lipinski definition) is 3. The van der Waals surface area contributed by atoms with Gasteiger partial charge < -0.3 is 15.4 Å². The Bertz CT molecular complexity index is 575. The molecule has 2 heterocycles. The molecule has 1 atom stereocenters. The van der Waals surface area contributed by atoms with Gasteiger partial charge in [0.05, 0.1) is 5.41 Å². The lowest BCUT2D eigenvalue weighted by molar-refractivity contribution is -0.140. The van der Waals surface area contributed by atoms with Gasteiger partial charge in [-0.3, -0.25) is 4.79 Å². The average molecular weight is 357 g/mol. The number of rotatable bonds is 3. The molecule has 4 nitrogen and oxygen atoms in total. The Labute approximate surface area is 148 Å². The third-order valence-corrected chi connectivity index (χ3v) is 5.49. The number of hydrogen-bond donors (Lipinski definition) is 1. The quantitative estimate of drug-likeness (QED) is 0.905. The van der Waals surface area contributed by atoms with Gasteiger partial charge in [0, 0.05) is 26.3 Å². The minimum absolute atomic E-state index is 0. The zero-order chi connectivity index (χ0) is 16.5. The fourth-order valence-corrected chi connectivity index (χ4v) is 3.78. The highest BCUT2D eigenvalue weighted by molar-refractivity contribution is 5.88. The highest BCUT2D eigenvalue weighted by atomic mass is 35.5. The summed E-state index contributed by atoms with van der Waals surface area (Å²) in [6.45, 7) is 5.29. The van der Waals surface area contributed by atoms with Crippen LogP contribution in [0.15, 0.2) is 24.3 Å². The number of carbonyl (C=O) groups is 1. The highest BCUT2D eigenvalue weighted by Gasteiger charge is 2.47. The molecule has 1 aromatic rings. The van der Waals surface area contributed by atoms with Crippen molar-refractivity contribution in [2.75, 3.05) is 32.8 Å². The maximum Gasteiger partial charge on any atom is 0.233 e. The van der Waals surface area contributed by atoms with E-state index < -0.39 is 5.41 Å². The lowest BCUT2D eigenvalue weighted by Crippen LogP contribution is -2.50. The number of nitrogens with zero attached hydrogens (tertiary/aromatic N) is 1. The van der Waals surface area contributed by atoms with E-state index in [9.17, 15) is 9.18 Å². The zero-order valence-corrected chi connectivity index (χ0v) is 14.9. The molecule has 2 N–H and O–H groups in total. The Hall–Kier alpha value is -1.17. The van der Waals surface area contributed by atoms with Gasteiger partial charge in [0.15, 0.2) is 0 Å². The smallest absolute Gasteiger partial charge is 0.233 e. The Morgan fingerprint density at radius 2 is 1.88 bits per heavy atom. The standard InChI is InChI=1S/C18H25FN2O2.ClH/c1-17(12-20)6-9-21(13-17)16(22)18(7-10-23-11-8-18)14-2-4-15(19)5-3-14;/h2-5H,6-13,20H2,1H3;1H. The van der Waals surface area contributed by atoms with Gasteiger partial charge in [0.25, 0.3) is 0 Å². The third kappa shape index (κ3) is 3.44. The van der Waals surface area contributed by atoms with E-state index in [-0.39, 0.29) is 29.5 Å². The molecule has 3 rings (SSSR count). The van der Waals surface area contributed by atoms with Gasteiger partial charge in [-0.25, -0.2) is 4.39 Å². The first-order valence-corrected chi connectivity index (χ1v) is 8.32. The van der Waals surface area contributed by atoms with Crippen molar-refractivity contribution in [2.45, 2.75) is 31.6 Å². The second-order valence-electron chi connectivity index (χ2n) is 7.19. The predicted molar refractivity (Wildman–Crippen MR) is 93.7 cm³/mol. The molecule has 2 aliphatic rings. The number of nitrogens with two attached hydrogens (primary N) is 1. The number of ether oxygens (including phenoxy) is 1. The zero-order valence-electron chi connectivity index (χ0n) is 14.1. The molecule has 24 heavy (non-hydrogen) atoms. The van der Waals surface area contributed by atoms with Crippen molar-refractivity contribution in [3.8, 4) is 0 Å². The van der Waals surface area contributed by atoms with E-state index in [2.05, 4.69) is 6.92 Å². The topological polar surface area (TPSA) is 55.6 Å². The average Bonchev–Trinajstić information content (AvgIpc) is 2.98. The minimum Gasteiger partial charge on any atom is -0.381 e. The summed E-state index contributed by atoms with van der Waals surface area (Å²) in [7, 11) is 0. The number of amides is 1. The monoisotopic (exact) mass is 356 g/mol. The van der Waals surface area contributed by atoms with Crippen LogP contribution in [-0.4, -0.2) is 43.7 Å². The Kier molecular flexibility index (Phi) is 5.89. The number of benzene rings is 1. The fourth-order valence-electron chi connectivity index (χ4n) is 3.78. The number of halogens is 2. The second-order valence-corrected chi connectivity index (χ2v) is 7.19. The van der Waals surface area contributed by atoms with Crippen molar-refractivity contribution < 1.29 is 13.9 Å². The maximum absolute atomic E-state index is 13.3. The van der Waals surface area contributed by atoms with Crippen LogP contribution in [0.4, 0.5) is 4.39 Å². The van der Waals surface area contributed by atoms with Crippen LogP contribution in [0.5, 0.6) is 0 Å². The summed E-state index contributed by atoms with van der Waals surface area (Å²) >= 11 is 0. The lowest BCUT2D eigenvalue weighted by atomic mass is 9.73. The highest BCUT2D eigenvalue weighted by Crippen LogP contribution is 2.39. The molecule has 1 unspecified atom stereocenters. The second kappa shape index (κ2) is 7.38. The Balaban J connectivity index is 0.00000208. The summed E-state index contributed by atoms with van der Waals surface area (Å²) in [5.74, 6) is -0.134. The van der Waals surface area contributed by atoms with E-state index in [0.29, 0.717) is 39.1 Å². The van der Waals surface area contributed by atoms with Crippen LogP contribution in [0.3, 0.4) is 0 Å². The maximum atomic E-state index is 13.3. The molecule has 0 spiro atoms. The van der Waals surface area contributed by atoms with Crippen LogP contribution in [0.2, 0.25) is 0 Å². The molecule has 134 valence electrons. The van der Waals surface area contributed by atoms with Crippen LogP contribution >= 0.6 is 12.4 Å². The summed E-state index contributed by atoms with van der Waals surface area (Å²) in [5, 5.41) is 0. The van der Waals surface area contributed by atoms with Gasteiger partial charge in [0.2, 0.25) is 5.91 Å². The molecule has 2 aliphatic heterocycles. The lowest BCUT2D eigenvalue weighted by Gasteiger charge is -2.39. The largest absolute Gasteiger partial charge is 0.381 e. The third-order valence-electron chi connectivity index (χ3n) is 5.49. The minimum atomic E-state index is -0.591. The first-order chi connectivity index (χ1) is 11.0. The van der Waals surface area contributed by atoms with Crippen molar-refractivity contribution >= 4 is 18.3 Å². The van der Waals surface area contributed by atoms with E-state index in [1.165, 1.54) is 12.1 Å². The molecule has 0 aliphatic carbocycles. The van der Waals surface area contributed by atoms with Crippen molar-refractivity contribution in [1.29, 1.82) is 0 Å². The van der Waals surface area contributed by atoms with Crippen molar-refractivity contribution in [1.82, 2.24) is 4.90 Å². The van der Waals surface area contributed by atoms with Crippen LogP contribution in [0.1, 0.15) is 31.7 Å².